The highest BCUT2D eigenvalue weighted by molar-refractivity contribution is 7.80. The van der Waals surface area contributed by atoms with E-state index in [-0.39, 0.29) is 0 Å². The van der Waals surface area contributed by atoms with Crippen LogP contribution in [0.4, 0.5) is 0 Å². The van der Waals surface area contributed by atoms with Crippen LogP contribution in [0.3, 0.4) is 0 Å². The summed E-state index contributed by atoms with van der Waals surface area (Å²) >= 11 is 11.2. The molecule has 0 amide bonds. The van der Waals surface area contributed by atoms with Gasteiger partial charge in [-0.1, -0.05) is 48.1 Å². The van der Waals surface area contributed by atoms with Crippen LogP contribution in [0, 0.1) is 0 Å². The fourth-order valence-corrected chi connectivity index (χ4v) is 1.99. The van der Waals surface area contributed by atoms with Crippen LogP contribution < -0.4 is 0 Å². The first-order valence-corrected chi connectivity index (χ1v) is 5.63. The first-order valence-electron chi connectivity index (χ1n) is 4.85. The van der Waals surface area contributed by atoms with E-state index in [1.807, 2.05) is 24.3 Å². The molecule has 0 unspecified atom stereocenters. The zero-order chi connectivity index (χ0) is 10.8. The van der Waals surface area contributed by atoms with Crippen molar-refractivity contribution in [2.45, 2.75) is 13.3 Å². The molecule has 2 rings (SSSR count). The highest BCUT2D eigenvalue weighted by Gasteiger charge is 2.10. The maximum absolute atomic E-state index is 5.86. The van der Waals surface area contributed by atoms with Gasteiger partial charge in [-0.3, -0.25) is 0 Å². The molecular weight excluding hydrogens is 224 g/mol. The monoisotopic (exact) mass is 234 g/mol. The molecule has 0 nitrogen and oxygen atoms in total. The predicted molar refractivity (Wildman–Crippen MR) is 70.4 cm³/mol. The lowest BCUT2D eigenvalue weighted by Crippen LogP contribution is -2.02. The topological polar surface area (TPSA) is 0 Å². The maximum Gasteiger partial charge on any atom is 0.0406 e. The molecule has 1 aliphatic carbocycles. The molecule has 1 aliphatic rings. The number of rotatable bonds is 1. The molecule has 0 aromatic heterocycles. The minimum atomic E-state index is 0.763. The lowest BCUT2D eigenvalue weighted by Gasteiger charge is -2.13. The van der Waals surface area contributed by atoms with Crippen LogP contribution in [-0.2, 0) is 0 Å². The van der Waals surface area contributed by atoms with Crippen molar-refractivity contribution in [1.82, 2.24) is 0 Å². The Morgan fingerprint density at radius 3 is 2.53 bits per heavy atom. The van der Waals surface area contributed by atoms with Crippen molar-refractivity contribution < 1.29 is 0 Å². The van der Waals surface area contributed by atoms with Crippen LogP contribution in [0.15, 0.2) is 42.0 Å². The molecular formula is C13H11ClS. The van der Waals surface area contributed by atoms with Gasteiger partial charge < -0.3 is 0 Å². The van der Waals surface area contributed by atoms with E-state index in [1.54, 1.807) is 0 Å². The molecule has 76 valence electrons. The van der Waals surface area contributed by atoms with Crippen LogP contribution in [0.25, 0.3) is 5.57 Å². The van der Waals surface area contributed by atoms with E-state index in [2.05, 4.69) is 19.1 Å². The molecule has 15 heavy (non-hydrogen) atoms. The Hall–Kier alpha value is -0.920. The van der Waals surface area contributed by atoms with Gasteiger partial charge in [0.25, 0.3) is 0 Å². The van der Waals surface area contributed by atoms with Crippen LogP contribution in [-0.4, -0.2) is 4.86 Å². The number of thiocarbonyl (C=S) groups is 1. The molecule has 2 heteroatoms. The van der Waals surface area contributed by atoms with Crippen LogP contribution >= 0.6 is 23.8 Å². The summed E-state index contributed by atoms with van der Waals surface area (Å²) in [5, 5.41) is 0.763. The maximum atomic E-state index is 5.86. The Morgan fingerprint density at radius 2 is 1.87 bits per heavy atom. The summed E-state index contributed by atoms with van der Waals surface area (Å²) in [6, 6.07) is 7.87. The second-order valence-corrected chi connectivity index (χ2v) is 4.50. The van der Waals surface area contributed by atoms with E-state index in [9.17, 15) is 0 Å². The fourth-order valence-electron chi connectivity index (χ4n) is 1.65. The van der Waals surface area contributed by atoms with Crippen molar-refractivity contribution in [2.75, 3.05) is 0 Å². The molecule has 0 fully saturated rings. The van der Waals surface area contributed by atoms with E-state index in [0.29, 0.717) is 0 Å². The van der Waals surface area contributed by atoms with E-state index in [0.717, 1.165) is 16.3 Å². The van der Waals surface area contributed by atoms with Crippen LogP contribution in [0.5, 0.6) is 0 Å². The van der Waals surface area contributed by atoms with Gasteiger partial charge in [0, 0.05) is 16.3 Å². The smallest absolute Gasteiger partial charge is 0.0406 e. The molecule has 1 aromatic carbocycles. The zero-order valence-electron chi connectivity index (χ0n) is 8.46. The van der Waals surface area contributed by atoms with E-state index >= 15 is 0 Å². The van der Waals surface area contributed by atoms with Gasteiger partial charge in [0.15, 0.2) is 0 Å². The molecule has 0 saturated carbocycles. The highest BCUT2D eigenvalue weighted by Crippen LogP contribution is 2.26. The van der Waals surface area contributed by atoms with Gasteiger partial charge in [-0.15, -0.1) is 0 Å². The van der Waals surface area contributed by atoms with E-state index in [1.165, 1.54) is 16.7 Å². The third-order valence-electron chi connectivity index (χ3n) is 2.57. The summed E-state index contributed by atoms with van der Waals surface area (Å²) in [6.45, 7) is 2.08. The minimum absolute atomic E-state index is 0.763. The van der Waals surface area contributed by atoms with Gasteiger partial charge >= 0.3 is 0 Å². The number of hydrogen-bond donors (Lipinski definition) is 0. The SMILES string of the molecule is CC1=C(c2ccc(Cl)cc2)C=CCC1=S. The Labute approximate surface area is 100 Å². The summed E-state index contributed by atoms with van der Waals surface area (Å²) in [5.74, 6) is 0. The molecule has 0 atom stereocenters. The van der Waals surface area contributed by atoms with Crippen molar-refractivity contribution >= 4 is 34.3 Å². The van der Waals surface area contributed by atoms with E-state index in [4.69, 9.17) is 23.8 Å². The fraction of sp³-hybridized carbons (Fsp3) is 0.154. The van der Waals surface area contributed by atoms with Gasteiger partial charge in [0.1, 0.15) is 0 Å². The molecule has 0 spiro atoms. The predicted octanol–water partition coefficient (Wildman–Crippen LogP) is 4.44. The molecule has 0 radical (unpaired) electrons. The molecule has 0 aliphatic heterocycles. The van der Waals surface area contributed by atoms with Crippen molar-refractivity contribution in [2.24, 2.45) is 0 Å². The van der Waals surface area contributed by atoms with Crippen molar-refractivity contribution in [3.8, 4) is 0 Å². The Morgan fingerprint density at radius 1 is 1.20 bits per heavy atom. The minimum Gasteiger partial charge on any atom is -0.0843 e. The second kappa shape index (κ2) is 4.30. The van der Waals surface area contributed by atoms with Gasteiger partial charge in [-0.05, 0) is 35.8 Å². The Kier molecular flexibility index (Phi) is 3.03. The van der Waals surface area contributed by atoms with Crippen LogP contribution in [0.2, 0.25) is 5.02 Å². The average Bonchev–Trinajstić information content (AvgIpc) is 2.24. The van der Waals surface area contributed by atoms with Crippen molar-refractivity contribution in [1.29, 1.82) is 0 Å². The average molecular weight is 235 g/mol. The lowest BCUT2D eigenvalue weighted by atomic mass is 9.93. The third-order valence-corrected chi connectivity index (χ3v) is 3.29. The first-order chi connectivity index (χ1) is 7.18. The van der Waals surface area contributed by atoms with Gasteiger partial charge in [0.2, 0.25) is 0 Å². The van der Waals surface area contributed by atoms with Crippen molar-refractivity contribution in [3.63, 3.8) is 0 Å². The summed E-state index contributed by atoms with van der Waals surface area (Å²) in [6.07, 6.45) is 5.13. The van der Waals surface area contributed by atoms with Gasteiger partial charge in [-0.25, -0.2) is 0 Å². The third kappa shape index (κ3) is 2.19. The first kappa shape index (κ1) is 10.6. The van der Waals surface area contributed by atoms with Crippen LogP contribution in [0.1, 0.15) is 18.9 Å². The summed E-state index contributed by atoms with van der Waals surface area (Å²) < 4.78 is 0. The summed E-state index contributed by atoms with van der Waals surface area (Å²) in [4.78, 5) is 1.03. The number of halogens is 1. The molecule has 1 aromatic rings. The largest absolute Gasteiger partial charge is 0.0843 e. The molecule has 0 saturated heterocycles. The molecule has 0 heterocycles. The van der Waals surface area contributed by atoms with Gasteiger partial charge in [0.05, 0.1) is 0 Å². The summed E-state index contributed by atoms with van der Waals surface area (Å²) in [7, 11) is 0. The number of allylic oxidation sites excluding steroid dienone is 4. The number of hydrogen-bond acceptors (Lipinski definition) is 1. The second-order valence-electron chi connectivity index (χ2n) is 3.58. The standard InChI is InChI=1S/C13H11ClS/c1-9-12(3-2-4-13(9)15)10-5-7-11(14)8-6-10/h2-3,5-8H,4H2,1H3. The Bertz CT molecular complexity index is 452. The quantitative estimate of drug-likeness (QED) is 0.648. The molecule has 0 bridgehead atoms. The summed E-state index contributed by atoms with van der Waals surface area (Å²) in [5.41, 5.74) is 3.59. The van der Waals surface area contributed by atoms with Crippen molar-refractivity contribution in [3.05, 3.63) is 52.6 Å². The normalized spacial score (nSPS) is 16.0. The zero-order valence-corrected chi connectivity index (χ0v) is 10.0. The Balaban J connectivity index is 2.46. The highest BCUT2D eigenvalue weighted by atomic mass is 35.5. The lowest BCUT2D eigenvalue weighted by molar-refractivity contribution is 1.41. The molecule has 0 N–H and O–H groups in total. The van der Waals surface area contributed by atoms with Gasteiger partial charge in [-0.2, -0.15) is 0 Å². The number of benzene rings is 1. The van der Waals surface area contributed by atoms with E-state index < -0.39 is 0 Å².